The Morgan fingerprint density at radius 1 is 1.22 bits per heavy atom. The number of aromatic amines is 1. The predicted molar refractivity (Wildman–Crippen MR) is 108 cm³/mol. The van der Waals surface area contributed by atoms with Crippen molar-refractivity contribution >= 4 is 0 Å². The minimum atomic E-state index is 0.342. The highest BCUT2D eigenvalue weighted by molar-refractivity contribution is 5.36. The van der Waals surface area contributed by atoms with E-state index in [0.717, 1.165) is 25.1 Å². The van der Waals surface area contributed by atoms with Gasteiger partial charge >= 0.3 is 0 Å². The van der Waals surface area contributed by atoms with Crippen molar-refractivity contribution in [3.05, 3.63) is 47.0 Å². The number of aromatic hydroxyl groups is 1. The molecule has 1 saturated heterocycles. The second-order valence-corrected chi connectivity index (χ2v) is 8.53. The molecule has 1 unspecified atom stereocenters. The molecule has 1 aromatic carbocycles. The van der Waals surface area contributed by atoms with Crippen molar-refractivity contribution in [1.29, 1.82) is 0 Å². The molecule has 146 valence electrons. The quantitative estimate of drug-likeness (QED) is 0.865. The Hall–Kier alpha value is -1.85. The number of aryl methyl sites for hydroxylation is 1. The highest BCUT2D eigenvalue weighted by atomic mass is 16.3. The summed E-state index contributed by atoms with van der Waals surface area (Å²) in [6.45, 7) is 10.8. The highest BCUT2D eigenvalue weighted by Crippen LogP contribution is 2.40. The standard InChI is InChI=1S/C22H32N4O/c1-15(2)25-9-6-17(7-10-25)22-21-19(23-14-24-21)8-11-26(22)13-18-12-16(3)4-5-20(18)27/h4-5,12,14-15,17,22,27H,6-11,13H2,1-3H3,(H,23,24). The predicted octanol–water partition coefficient (Wildman–Crippen LogP) is 3.64. The van der Waals surface area contributed by atoms with Crippen LogP contribution in [0.15, 0.2) is 24.5 Å². The van der Waals surface area contributed by atoms with Gasteiger partial charge in [-0.3, -0.25) is 4.90 Å². The van der Waals surface area contributed by atoms with E-state index in [4.69, 9.17) is 4.98 Å². The fourth-order valence-electron chi connectivity index (χ4n) is 4.86. The van der Waals surface area contributed by atoms with E-state index in [2.05, 4.69) is 41.6 Å². The van der Waals surface area contributed by atoms with Crippen molar-refractivity contribution in [3.63, 3.8) is 0 Å². The van der Waals surface area contributed by atoms with Crippen molar-refractivity contribution in [2.45, 2.75) is 58.7 Å². The van der Waals surface area contributed by atoms with Crippen molar-refractivity contribution in [2.24, 2.45) is 5.92 Å². The van der Waals surface area contributed by atoms with Crippen molar-refractivity contribution < 1.29 is 5.11 Å². The summed E-state index contributed by atoms with van der Waals surface area (Å²) in [6.07, 6.45) is 5.29. The molecule has 27 heavy (non-hydrogen) atoms. The lowest BCUT2D eigenvalue weighted by atomic mass is 9.83. The van der Waals surface area contributed by atoms with Gasteiger partial charge < -0.3 is 15.0 Å². The van der Waals surface area contributed by atoms with E-state index in [1.165, 1.54) is 42.9 Å². The molecule has 4 rings (SSSR count). The molecule has 1 atom stereocenters. The van der Waals surface area contributed by atoms with Crippen LogP contribution in [0.25, 0.3) is 0 Å². The van der Waals surface area contributed by atoms with Gasteiger partial charge in [0, 0.05) is 36.8 Å². The third-order valence-corrected chi connectivity index (χ3v) is 6.43. The number of hydrogen-bond acceptors (Lipinski definition) is 4. The molecule has 1 fully saturated rings. The SMILES string of the molecule is Cc1ccc(O)c(CN2CCc3[nH]cnc3C2C2CCN(C(C)C)CC2)c1. The van der Waals surface area contributed by atoms with Gasteiger partial charge in [-0.1, -0.05) is 17.7 Å². The van der Waals surface area contributed by atoms with Crippen LogP contribution in [0.2, 0.25) is 0 Å². The molecular weight excluding hydrogens is 336 g/mol. The van der Waals surface area contributed by atoms with Gasteiger partial charge in [0.05, 0.1) is 18.1 Å². The summed E-state index contributed by atoms with van der Waals surface area (Å²) in [5.74, 6) is 1.02. The number of nitrogens with one attached hydrogen (secondary N) is 1. The number of phenols is 1. The Labute approximate surface area is 162 Å². The van der Waals surface area contributed by atoms with E-state index in [1.807, 2.05) is 18.5 Å². The Morgan fingerprint density at radius 3 is 2.74 bits per heavy atom. The third-order valence-electron chi connectivity index (χ3n) is 6.43. The van der Waals surface area contributed by atoms with Crippen molar-refractivity contribution in [1.82, 2.24) is 19.8 Å². The number of fused-ring (bicyclic) bond motifs is 1. The van der Waals surface area contributed by atoms with E-state index < -0.39 is 0 Å². The molecule has 1 aromatic heterocycles. The Kier molecular flexibility index (Phi) is 5.24. The van der Waals surface area contributed by atoms with Gasteiger partial charge in [-0.2, -0.15) is 0 Å². The monoisotopic (exact) mass is 368 g/mol. The topological polar surface area (TPSA) is 55.4 Å². The maximum Gasteiger partial charge on any atom is 0.120 e. The molecule has 0 aliphatic carbocycles. The second kappa shape index (κ2) is 7.64. The Bertz CT molecular complexity index is 776. The van der Waals surface area contributed by atoms with Crippen LogP contribution < -0.4 is 0 Å². The molecule has 0 spiro atoms. The largest absolute Gasteiger partial charge is 0.508 e. The number of phenolic OH excluding ortho intramolecular Hbond substituents is 1. The van der Waals surface area contributed by atoms with Gasteiger partial charge in [-0.15, -0.1) is 0 Å². The van der Waals surface area contributed by atoms with Gasteiger partial charge in [0.2, 0.25) is 0 Å². The fourth-order valence-corrected chi connectivity index (χ4v) is 4.86. The lowest BCUT2D eigenvalue weighted by Crippen LogP contribution is -2.45. The molecule has 0 bridgehead atoms. The molecular formula is C22H32N4O. The van der Waals surface area contributed by atoms with Crippen LogP contribution >= 0.6 is 0 Å². The van der Waals surface area contributed by atoms with Crippen LogP contribution in [-0.4, -0.2) is 50.6 Å². The number of imidazole rings is 1. The first kappa shape index (κ1) is 18.5. The molecule has 0 amide bonds. The van der Waals surface area contributed by atoms with Crippen LogP contribution in [0.1, 0.15) is 55.2 Å². The average Bonchev–Trinajstić information content (AvgIpc) is 3.13. The minimum absolute atomic E-state index is 0.342. The van der Waals surface area contributed by atoms with Crippen molar-refractivity contribution in [2.75, 3.05) is 19.6 Å². The molecule has 5 nitrogen and oxygen atoms in total. The van der Waals surface area contributed by atoms with Crippen LogP contribution in [0.5, 0.6) is 5.75 Å². The summed E-state index contributed by atoms with van der Waals surface area (Å²) in [6, 6.07) is 6.88. The van der Waals surface area contributed by atoms with E-state index in [0.29, 0.717) is 23.8 Å². The molecule has 2 aliphatic rings. The summed E-state index contributed by atoms with van der Waals surface area (Å²) in [5, 5.41) is 10.4. The molecule has 0 radical (unpaired) electrons. The number of nitrogens with zero attached hydrogens (tertiary/aromatic N) is 3. The normalized spacial score (nSPS) is 22.3. The van der Waals surface area contributed by atoms with Crippen LogP contribution in [0.3, 0.4) is 0 Å². The van der Waals surface area contributed by atoms with Gasteiger partial charge in [0.25, 0.3) is 0 Å². The number of likely N-dealkylation sites (tertiary alicyclic amines) is 1. The summed E-state index contributed by atoms with van der Waals surface area (Å²) in [4.78, 5) is 13.2. The molecule has 0 saturated carbocycles. The second-order valence-electron chi connectivity index (χ2n) is 8.53. The summed E-state index contributed by atoms with van der Waals surface area (Å²) in [7, 11) is 0. The zero-order chi connectivity index (χ0) is 19.0. The van der Waals surface area contributed by atoms with E-state index in [9.17, 15) is 5.11 Å². The van der Waals surface area contributed by atoms with Gasteiger partial charge in [-0.05, 0) is 58.7 Å². The van der Waals surface area contributed by atoms with Crippen LogP contribution in [0.4, 0.5) is 0 Å². The Balaban J connectivity index is 1.58. The van der Waals surface area contributed by atoms with Gasteiger partial charge in [-0.25, -0.2) is 4.98 Å². The number of rotatable bonds is 4. The number of benzene rings is 1. The third kappa shape index (κ3) is 3.76. The fraction of sp³-hybridized carbons (Fsp3) is 0.591. The minimum Gasteiger partial charge on any atom is -0.508 e. The first-order valence-corrected chi connectivity index (χ1v) is 10.3. The highest BCUT2D eigenvalue weighted by Gasteiger charge is 2.37. The number of H-pyrrole nitrogens is 1. The van der Waals surface area contributed by atoms with Gasteiger partial charge in [0.1, 0.15) is 5.75 Å². The van der Waals surface area contributed by atoms with E-state index in [-0.39, 0.29) is 0 Å². The molecule has 2 aliphatic heterocycles. The molecule has 5 heteroatoms. The lowest BCUT2D eigenvalue weighted by molar-refractivity contribution is 0.0614. The first-order valence-electron chi connectivity index (χ1n) is 10.3. The van der Waals surface area contributed by atoms with Crippen LogP contribution in [-0.2, 0) is 13.0 Å². The number of hydrogen-bond donors (Lipinski definition) is 2. The Morgan fingerprint density at radius 2 is 2.00 bits per heavy atom. The zero-order valence-corrected chi connectivity index (χ0v) is 16.8. The number of piperidine rings is 1. The van der Waals surface area contributed by atoms with E-state index in [1.54, 1.807) is 0 Å². The maximum absolute atomic E-state index is 10.4. The first-order chi connectivity index (χ1) is 13.0. The lowest BCUT2D eigenvalue weighted by Gasteiger charge is -2.43. The van der Waals surface area contributed by atoms with Crippen LogP contribution in [0, 0.1) is 12.8 Å². The smallest absolute Gasteiger partial charge is 0.120 e. The van der Waals surface area contributed by atoms with Crippen molar-refractivity contribution in [3.8, 4) is 5.75 Å². The van der Waals surface area contributed by atoms with Gasteiger partial charge in [0.15, 0.2) is 0 Å². The summed E-state index contributed by atoms with van der Waals surface area (Å²) < 4.78 is 0. The van der Waals surface area contributed by atoms with E-state index >= 15 is 0 Å². The average molecular weight is 369 g/mol. The molecule has 2 aromatic rings. The maximum atomic E-state index is 10.4. The zero-order valence-electron chi connectivity index (χ0n) is 16.8. The summed E-state index contributed by atoms with van der Waals surface area (Å²) >= 11 is 0. The molecule has 2 N–H and O–H groups in total. The number of aromatic nitrogens is 2. The molecule has 3 heterocycles. The summed E-state index contributed by atoms with van der Waals surface area (Å²) in [5.41, 5.74) is 4.76.